The predicted octanol–water partition coefficient (Wildman–Crippen LogP) is 3.22. The van der Waals surface area contributed by atoms with Crippen LogP contribution in [0.5, 0.6) is 0 Å². The molecule has 6 heteroatoms. The van der Waals surface area contributed by atoms with Gasteiger partial charge in [0, 0.05) is 29.2 Å². The van der Waals surface area contributed by atoms with E-state index in [0.29, 0.717) is 6.61 Å². The van der Waals surface area contributed by atoms with Crippen molar-refractivity contribution >= 4 is 27.3 Å². The van der Waals surface area contributed by atoms with Crippen molar-refractivity contribution in [3.8, 4) is 10.7 Å². The van der Waals surface area contributed by atoms with E-state index in [1.807, 2.05) is 12.1 Å². The van der Waals surface area contributed by atoms with Crippen molar-refractivity contribution in [3.63, 3.8) is 0 Å². The van der Waals surface area contributed by atoms with Crippen LogP contribution in [0.25, 0.3) is 10.7 Å². The molecule has 0 saturated carbocycles. The zero-order valence-corrected chi connectivity index (χ0v) is 13.3. The number of halogens is 1. The first kappa shape index (κ1) is 14.6. The second-order valence-corrected chi connectivity index (χ2v) is 5.87. The van der Waals surface area contributed by atoms with E-state index in [1.165, 1.54) is 4.88 Å². The van der Waals surface area contributed by atoms with Gasteiger partial charge in [-0.25, -0.2) is 4.98 Å². The summed E-state index contributed by atoms with van der Waals surface area (Å²) in [7, 11) is 1.69. The Bertz CT molecular complexity index is 544. The van der Waals surface area contributed by atoms with Crippen LogP contribution in [0.3, 0.4) is 0 Å². The monoisotopic (exact) mass is 341 g/mol. The zero-order valence-electron chi connectivity index (χ0n) is 10.9. The van der Waals surface area contributed by atoms with E-state index < -0.39 is 0 Å². The average Bonchev–Trinajstić information content (AvgIpc) is 2.80. The minimum Gasteiger partial charge on any atom is -0.378 e. The van der Waals surface area contributed by atoms with Gasteiger partial charge in [0.25, 0.3) is 0 Å². The van der Waals surface area contributed by atoms with Gasteiger partial charge in [-0.15, -0.1) is 11.3 Å². The van der Waals surface area contributed by atoms with Crippen molar-refractivity contribution in [1.29, 1.82) is 0 Å². The number of rotatable bonds is 6. The first-order valence-electron chi connectivity index (χ1n) is 6.05. The maximum atomic E-state index is 5.21. The van der Waals surface area contributed by atoms with Gasteiger partial charge in [-0.05, 0) is 34.6 Å². The standard InChI is InChI=1S/C13H16BrN3OS/c1-3-15-7-11-10(8-18-2)17-13(19-11)12-9(14)5-4-6-16-12/h4-6,15H,3,7-8H2,1-2H3. The highest BCUT2D eigenvalue weighted by molar-refractivity contribution is 9.10. The minimum absolute atomic E-state index is 0.529. The molecule has 2 aromatic rings. The quantitative estimate of drug-likeness (QED) is 0.876. The second kappa shape index (κ2) is 7.09. The summed E-state index contributed by atoms with van der Waals surface area (Å²) in [5.74, 6) is 0. The van der Waals surface area contributed by atoms with Crippen molar-refractivity contribution in [2.75, 3.05) is 13.7 Å². The number of hydrogen-bond acceptors (Lipinski definition) is 5. The number of aromatic nitrogens is 2. The third-order valence-corrected chi connectivity index (χ3v) is 4.30. The molecule has 102 valence electrons. The maximum absolute atomic E-state index is 5.21. The van der Waals surface area contributed by atoms with Gasteiger partial charge in [0.05, 0.1) is 12.3 Å². The molecule has 0 amide bonds. The van der Waals surface area contributed by atoms with E-state index >= 15 is 0 Å². The molecule has 1 N–H and O–H groups in total. The molecule has 4 nitrogen and oxygen atoms in total. The minimum atomic E-state index is 0.529. The van der Waals surface area contributed by atoms with Crippen molar-refractivity contribution in [3.05, 3.63) is 33.4 Å². The van der Waals surface area contributed by atoms with Crippen molar-refractivity contribution < 1.29 is 4.74 Å². The lowest BCUT2D eigenvalue weighted by Crippen LogP contribution is -2.12. The summed E-state index contributed by atoms with van der Waals surface area (Å²) >= 11 is 5.18. The van der Waals surface area contributed by atoms with E-state index in [4.69, 9.17) is 4.74 Å². The lowest BCUT2D eigenvalue weighted by molar-refractivity contribution is 0.181. The van der Waals surface area contributed by atoms with Crippen molar-refractivity contribution in [2.45, 2.75) is 20.1 Å². The summed E-state index contributed by atoms with van der Waals surface area (Å²) in [6.07, 6.45) is 1.78. The normalized spacial score (nSPS) is 10.9. The molecule has 0 aliphatic carbocycles. The summed E-state index contributed by atoms with van der Waals surface area (Å²) in [4.78, 5) is 10.2. The third-order valence-electron chi connectivity index (χ3n) is 2.56. The summed E-state index contributed by atoms with van der Waals surface area (Å²) in [5.41, 5.74) is 1.87. The van der Waals surface area contributed by atoms with E-state index in [1.54, 1.807) is 24.6 Å². The van der Waals surface area contributed by atoms with Gasteiger partial charge in [-0.2, -0.15) is 0 Å². The fraction of sp³-hybridized carbons (Fsp3) is 0.385. The van der Waals surface area contributed by atoms with Crippen LogP contribution in [-0.2, 0) is 17.9 Å². The fourth-order valence-electron chi connectivity index (χ4n) is 1.65. The summed E-state index contributed by atoms with van der Waals surface area (Å²) in [6, 6.07) is 3.88. The molecule has 2 aromatic heterocycles. The highest BCUT2D eigenvalue weighted by Gasteiger charge is 2.14. The first-order chi connectivity index (χ1) is 9.26. The molecule has 0 aromatic carbocycles. The maximum Gasteiger partial charge on any atom is 0.143 e. The Kier molecular flexibility index (Phi) is 5.45. The molecule has 2 heterocycles. The van der Waals surface area contributed by atoms with Crippen LogP contribution in [0.1, 0.15) is 17.5 Å². The van der Waals surface area contributed by atoms with Gasteiger partial charge in [0.1, 0.15) is 10.7 Å². The number of nitrogens with zero attached hydrogens (tertiary/aromatic N) is 2. The van der Waals surface area contributed by atoms with E-state index in [-0.39, 0.29) is 0 Å². The molecule has 0 aliphatic rings. The van der Waals surface area contributed by atoms with Gasteiger partial charge in [0.2, 0.25) is 0 Å². The van der Waals surface area contributed by atoms with Gasteiger partial charge >= 0.3 is 0 Å². The Balaban J connectivity index is 2.34. The zero-order chi connectivity index (χ0) is 13.7. The summed E-state index contributed by atoms with van der Waals surface area (Å²) in [6.45, 7) is 4.37. The third kappa shape index (κ3) is 3.60. The number of methoxy groups -OCH3 is 1. The average molecular weight is 342 g/mol. The number of nitrogens with one attached hydrogen (secondary N) is 1. The lowest BCUT2D eigenvalue weighted by Gasteiger charge is -2.00. The van der Waals surface area contributed by atoms with Crippen LogP contribution in [0, 0.1) is 0 Å². The Morgan fingerprint density at radius 3 is 3.00 bits per heavy atom. The SMILES string of the molecule is CCNCc1sc(-c2ncccc2Br)nc1COC. The molecule has 0 unspecified atom stereocenters. The molecule has 0 radical (unpaired) electrons. The Hall–Kier alpha value is -0.820. The van der Waals surface area contributed by atoms with Crippen LogP contribution in [0.15, 0.2) is 22.8 Å². The lowest BCUT2D eigenvalue weighted by atomic mass is 10.3. The van der Waals surface area contributed by atoms with Gasteiger partial charge in [0.15, 0.2) is 0 Å². The van der Waals surface area contributed by atoms with Crippen LogP contribution >= 0.6 is 27.3 Å². The molecule has 0 aliphatic heterocycles. The molecule has 0 bridgehead atoms. The molecule has 0 spiro atoms. The first-order valence-corrected chi connectivity index (χ1v) is 7.66. The highest BCUT2D eigenvalue weighted by atomic mass is 79.9. The second-order valence-electron chi connectivity index (χ2n) is 3.94. The predicted molar refractivity (Wildman–Crippen MR) is 81.1 cm³/mol. The molecular formula is C13H16BrN3OS. The number of hydrogen-bond donors (Lipinski definition) is 1. The van der Waals surface area contributed by atoms with E-state index in [9.17, 15) is 0 Å². The molecule has 0 saturated heterocycles. The Morgan fingerprint density at radius 2 is 2.32 bits per heavy atom. The van der Waals surface area contributed by atoms with Crippen LogP contribution in [-0.4, -0.2) is 23.6 Å². The summed E-state index contributed by atoms with van der Waals surface area (Å²) < 4.78 is 6.17. The van der Waals surface area contributed by atoms with Gasteiger partial charge in [-0.3, -0.25) is 4.98 Å². The fourth-order valence-corrected chi connectivity index (χ4v) is 3.27. The van der Waals surface area contributed by atoms with Crippen LogP contribution < -0.4 is 5.32 Å². The molecule has 2 rings (SSSR count). The largest absolute Gasteiger partial charge is 0.378 e. The van der Waals surface area contributed by atoms with Crippen LogP contribution in [0.2, 0.25) is 0 Å². The smallest absolute Gasteiger partial charge is 0.143 e. The van der Waals surface area contributed by atoms with Crippen LogP contribution in [0.4, 0.5) is 0 Å². The summed E-state index contributed by atoms with van der Waals surface area (Å²) in [5, 5.41) is 4.25. The number of pyridine rings is 1. The van der Waals surface area contributed by atoms with Gasteiger partial charge < -0.3 is 10.1 Å². The molecular weight excluding hydrogens is 326 g/mol. The highest BCUT2D eigenvalue weighted by Crippen LogP contribution is 2.31. The van der Waals surface area contributed by atoms with E-state index in [0.717, 1.165) is 34.0 Å². The number of thiazole rings is 1. The van der Waals surface area contributed by atoms with Crippen molar-refractivity contribution in [2.24, 2.45) is 0 Å². The topological polar surface area (TPSA) is 47.0 Å². The van der Waals surface area contributed by atoms with Gasteiger partial charge in [-0.1, -0.05) is 6.92 Å². The van der Waals surface area contributed by atoms with E-state index in [2.05, 4.69) is 38.1 Å². The Labute approximate surface area is 125 Å². The molecule has 19 heavy (non-hydrogen) atoms. The molecule has 0 atom stereocenters. The Morgan fingerprint density at radius 1 is 1.47 bits per heavy atom. The number of ether oxygens (including phenoxy) is 1. The van der Waals surface area contributed by atoms with Crippen molar-refractivity contribution in [1.82, 2.24) is 15.3 Å². The molecule has 0 fully saturated rings.